The molecule has 2 amide bonds. The molecule has 168 valence electrons. The summed E-state index contributed by atoms with van der Waals surface area (Å²) in [5.41, 5.74) is -1.98. The van der Waals surface area contributed by atoms with E-state index in [1.807, 2.05) is 0 Å². The minimum atomic E-state index is -4.53. The SMILES string of the molecule is CC(C)C1(C(=O)O)NC(c2ccc(C(F)(F)F)cc2)C2C(=O)N(c3ccccc3)C(=O)C21. The van der Waals surface area contributed by atoms with Crippen LogP contribution in [0.15, 0.2) is 54.6 Å². The van der Waals surface area contributed by atoms with Gasteiger partial charge in [0, 0.05) is 6.04 Å². The number of benzene rings is 2. The molecule has 4 rings (SSSR count). The van der Waals surface area contributed by atoms with Gasteiger partial charge in [0.05, 0.1) is 23.1 Å². The number of carbonyl (C=O) groups excluding carboxylic acids is 2. The van der Waals surface area contributed by atoms with Crippen molar-refractivity contribution in [3.8, 4) is 0 Å². The molecule has 32 heavy (non-hydrogen) atoms. The van der Waals surface area contributed by atoms with Crippen molar-refractivity contribution in [2.45, 2.75) is 31.6 Å². The van der Waals surface area contributed by atoms with Gasteiger partial charge in [-0.25, -0.2) is 4.90 Å². The number of hydrogen-bond acceptors (Lipinski definition) is 4. The molecule has 2 aliphatic rings. The van der Waals surface area contributed by atoms with Crippen molar-refractivity contribution in [3.05, 3.63) is 65.7 Å². The van der Waals surface area contributed by atoms with Crippen LogP contribution in [-0.4, -0.2) is 28.4 Å². The Morgan fingerprint density at radius 1 is 1.03 bits per heavy atom. The number of alkyl halides is 3. The third-order valence-corrected chi connectivity index (χ3v) is 6.47. The monoisotopic (exact) mass is 446 g/mol. The molecule has 2 saturated heterocycles. The number of amides is 2. The van der Waals surface area contributed by atoms with E-state index in [0.29, 0.717) is 11.3 Å². The fourth-order valence-electron chi connectivity index (χ4n) is 4.91. The maximum Gasteiger partial charge on any atom is 0.416 e. The number of rotatable bonds is 4. The van der Waals surface area contributed by atoms with E-state index in [1.165, 1.54) is 12.1 Å². The van der Waals surface area contributed by atoms with Crippen molar-refractivity contribution < 1.29 is 32.7 Å². The number of carboxylic acid groups (broad SMARTS) is 1. The summed E-state index contributed by atoms with van der Waals surface area (Å²) in [7, 11) is 0. The van der Waals surface area contributed by atoms with E-state index in [2.05, 4.69) is 5.32 Å². The van der Waals surface area contributed by atoms with Gasteiger partial charge in [0.15, 0.2) is 0 Å². The first-order chi connectivity index (χ1) is 15.0. The number of nitrogens with zero attached hydrogens (tertiary/aromatic N) is 1. The summed E-state index contributed by atoms with van der Waals surface area (Å²) in [5, 5.41) is 13.1. The number of carbonyl (C=O) groups is 3. The molecule has 0 radical (unpaired) electrons. The number of carboxylic acids is 1. The van der Waals surface area contributed by atoms with Crippen LogP contribution in [0.25, 0.3) is 0 Å². The first-order valence-corrected chi connectivity index (χ1v) is 10.1. The molecule has 2 fully saturated rings. The average Bonchev–Trinajstić information content (AvgIpc) is 3.23. The van der Waals surface area contributed by atoms with Gasteiger partial charge in [-0.3, -0.25) is 19.7 Å². The van der Waals surface area contributed by atoms with Gasteiger partial charge in [-0.2, -0.15) is 13.2 Å². The Hall–Kier alpha value is -3.20. The van der Waals surface area contributed by atoms with E-state index < -0.39 is 58.9 Å². The standard InChI is InChI=1S/C23H21F3N2O4/c1-12(2)22(21(31)32)17-16(19(29)28(20(17)30)15-6-4-3-5-7-15)18(27-22)13-8-10-14(11-9-13)23(24,25)26/h3-12,16-18,27H,1-2H3,(H,31,32). The van der Waals surface area contributed by atoms with Crippen LogP contribution in [0.4, 0.5) is 18.9 Å². The molecule has 2 N–H and O–H groups in total. The molecule has 4 unspecified atom stereocenters. The van der Waals surface area contributed by atoms with Crippen molar-refractivity contribution in [3.63, 3.8) is 0 Å². The highest BCUT2D eigenvalue weighted by atomic mass is 19.4. The lowest BCUT2D eigenvalue weighted by Gasteiger charge is -2.34. The second kappa shape index (κ2) is 7.44. The van der Waals surface area contributed by atoms with Gasteiger partial charge in [0.25, 0.3) is 0 Å². The number of fused-ring (bicyclic) bond motifs is 1. The molecule has 0 aromatic heterocycles. The summed E-state index contributed by atoms with van der Waals surface area (Å²) in [4.78, 5) is 40.3. The van der Waals surface area contributed by atoms with Crippen molar-refractivity contribution in [2.75, 3.05) is 4.90 Å². The van der Waals surface area contributed by atoms with Crippen LogP contribution in [0.2, 0.25) is 0 Å². The number of nitrogens with one attached hydrogen (secondary N) is 1. The highest BCUT2D eigenvalue weighted by Gasteiger charge is 2.69. The van der Waals surface area contributed by atoms with Crippen LogP contribution < -0.4 is 10.2 Å². The van der Waals surface area contributed by atoms with Crippen LogP contribution in [0, 0.1) is 17.8 Å². The molecular weight excluding hydrogens is 425 g/mol. The number of anilines is 1. The van der Waals surface area contributed by atoms with E-state index in [4.69, 9.17) is 0 Å². The zero-order valence-electron chi connectivity index (χ0n) is 17.3. The largest absolute Gasteiger partial charge is 0.480 e. The highest BCUT2D eigenvalue weighted by Crippen LogP contribution is 2.52. The lowest BCUT2D eigenvalue weighted by atomic mass is 9.73. The fraction of sp³-hybridized carbons (Fsp3) is 0.348. The molecule has 0 bridgehead atoms. The second-order valence-electron chi connectivity index (χ2n) is 8.42. The quantitative estimate of drug-likeness (QED) is 0.701. The normalized spacial score (nSPS) is 27.8. The Morgan fingerprint density at radius 3 is 2.12 bits per heavy atom. The van der Waals surface area contributed by atoms with E-state index in [-0.39, 0.29) is 0 Å². The molecule has 9 heteroatoms. The molecule has 4 atom stereocenters. The maximum absolute atomic E-state index is 13.4. The Bertz CT molecular complexity index is 1070. The summed E-state index contributed by atoms with van der Waals surface area (Å²) in [6.07, 6.45) is -4.53. The van der Waals surface area contributed by atoms with Gasteiger partial charge < -0.3 is 5.11 Å². The van der Waals surface area contributed by atoms with Crippen molar-refractivity contribution in [2.24, 2.45) is 17.8 Å². The molecule has 2 aromatic carbocycles. The van der Waals surface area contributed by atoms with Crippen LogP contribution in [0.5, 0.6) is 0 Å². The van der Waals surface area contributed by atoms with Gasteiger partial charge in [0.2, 0.25) is 11.8 Å². The minimum Gasteiger partial charge on any atom is -0.480 e. The fourth-order valence-corrected chi connectivity index (χ4v) is 4.91. The number of aliphatic carboxylic acids is 1. The highest BCUT2D eigenvalue weighted by molar-refractivity contribution is 6.24. The molecular formula is C23H21F3N2O4. The first-order valence-electron chi connectivity index (χ1n) is 10.1. The lowest BCUT2D eigenvalue weighted by Crippen LogP contribution is -2.59. The summed E-state index contributed by atoms with van der Waals surface area (Å²) in [6, 6.07) is 11.5. The molecule has 0 spiro atoms. The summed E-state index contributed by atoms with van der Waals surface area (Å²) in [6.45, 7) is 3.27. The zero-order valence-corrected chi connectivity index (χ0v) is 17.3. The molecule has 0 saturated carbocycles. The summed E-state index contributed by atoms with van der Waals surface area (Å²) < 4.78 is 39.0. The number of halogens is 3. The van der Waals surface area contributed by atoms with Crippen molar-refractivity contribution in [1.29, 1.82) is 0 Å². The third kappa shape index (κ3) is 3.10. The summed E-state index contributed by atoms with van der Waals surface area (Å²) >= 11 is 0. The van der Waals surface area contributed by atoms with Gasteiger partial charge in [-0.15, -0.1) is 0 Å². The number of imide groups is 1. The first kappa shape index (κ1) is 22.0. The average molecular weight is 446 g/mol. The number of hydrogen-bond donors (Lipinski definition) is 2. The van der Waals surface area contributed by atoms with Gasteiger partial charge in [-0.1, -0.05) is 44.2 Å². The smallest absolute Gasteiger partial charge is 0.416 e. The maximum atomic E-state index is 13.4. The molecule has 2 aromatic rings. The molecule has 2 aliphatic heterocycles. The van der Waals surface area contributed by atoms with Crippen LogP contribution in [-0.2, 0) is 20.6 Å². The number of para-hydroxylation sites is 1. The Labute approximate surface area is 182 Å². The molecule has 2 heterocycles. The molecule has 0 aliphatic carbocycles. The molecule has 6 nitrogen and oxygen atoms in total. The van der Waals surface area contributed by atoms with E-state index in [1.54, 1.807) is 44.2 Å². The van der Waals surface area contributed by atoms with E-state index in [0.717, 1.165) is 17.0 Å². The van der Waals surface area contributed by atoms with Gasteiger partial charge >= 0.3 is 12.1 Å². The lowest BCUT2D eigenvalue weighted by molar-refractivity contribution is -0.151. The Morgan fingerprint density at radius 2 is 1.62 bits per heavy atom. The predicted molar refractivity (Wildman–Crippen MR) is 108 cm³/mol. The Balaban J connectivity index is 1.84. The van der Waals surface area contributed by atoms with Crippen LogP contribution in [0.1, 0.15) is 31.0 Å². The predicted octanol–water partition coefficient (Wildman–Crippen LogP) is 3.63. The van der Waals surface area contributed by atoms with Crippen LogP contribution >= 0.6 is 0 Å². The van der Waals surface area contributed by atoms with Gasteiger partial charge in [0.1, 0.15) is 5.54 Å². The van der Waals surface area contributed by atoms with Gasteiger partial charge in [-0.05, 0) is 35.7 Å². The van der Waals surface area contributed by atoms with E-state index in [9.17, 15) is 32.7 Å². The minimum absolute atomic E-state index is 0.313. The topological polar surface area (TPSA) is 86.7 Å². The zero-order chi connectivity index (χ0) is 23.4. The summed E-state index contributed by atoms with van der Waals surface area (Å²) in [5.74, 6) is -5.36. The third-order valence-electron chi connectivity index (χ3n) is 6.47. The van der Waals surface area contributed by atoms with E-state index >= 15 is 0 Å². The Kier molecular flexibility index (Phi) is 5.12. The van der Waals surface area contributed by atoms with Crippen molar-refractivity contribution in [1.82, 2.24) is 5.32 Å². The second-order valence-corrected chi connectivity index (χ2v) is 8.42. The van der Waals surface area contributed by atoms with Crippen molar-refractivity contribution >= 4 is 23.5 Å². The van der Waals surface area contributed by atoms with Crippen LogP contribution in [0.3, 0.4) is 0 Å².